The average molecular weight is 405 g/mol. The number of phenols is 1. The third-order valence-corrected chi connectivity index (χ3v) is 6.04. The van der Waals surface area contributed by atoms with Crippen molar-refractivity contribution < 1.29 is 19.4 Å². The molecule has 2 aliphatic rings. The summed E-state index contributed by atoms with van der Waals surface area (Å²) in [5.41, 5.74) is 2.01. The Kier molecular flexibility index (Phi) is 6.17. The molecule has 0 radical (unpaired) electrons. The maximum absolute atomic E-state index is 12.8. The van der Waals surface area contributed by atoms with E-state index in [4.69, 9.17) is 4.74 Å². The lowest BCUT2D eigenvalue weighted by Gasteiger charge is -2.38. The van der Waals surface area contributed by atoms with Gasteiger partial charge in [0.15, 0.2) is 0 Å². The van der Waals surface area contributed by atoms with Crippen molar-refractivity contribution in [2.45, 2.75) is 56.7 Å². The number of aryl methyl sites for hydroxylation is 1. The van der Waals surface area contributed by atoms with Crippen molar-refractivity contribution in [2.75, 3.05) is 0 Å². The first-order chi connectivity index (χ1) is 14.6. The van der Waals surface area contributed by atoms with E-state index in [0.717, 1.165) is 24.0 Å². The molecule has 5 nitrogen and oxygen atoms in total. The molecule has 0 aliphatic carbocycles. The number of benzene rings is 2. The molecule has 0 aromatic heterocycles. The third-order valence-electron chi connectivity index (χ3n) is 6.04. The van der Waals surface area contributed by atoms with E-state index in [1.165, 1.54) is 6.08 Å². The van der Waals surface area contributed by atoms with E-state index in [-0.39, 0.29) is 35.8 Å². The van der Waals surface area contributed by atoms with Crippen molar-refractivity contribution in [1.82, 2.24) is 4.90 Å². The van der Waals surface area contributed by atoms with E-state index in [0.29, 0.717) is 25.7 Å². The minimum absolute atomic E-state index is 0.128. The molecule has 2 heterocycles. The third kappa shape index (κ3) is 4.90. The minimum Gasteiger partial charge on any atom is -0.508 e. The topological polar surface area (TPSA) is 66.8 Å². The van der Waals surface area contributed by atoms with Gasteiger partial charge in [0.05, 0.1) is 0 Å². The molecule has 156 valence electrons. The Morgan fingerprint density at radius 3 is 2.33 bits per heavy atom. The highest BCUT2D eigenvalue weighted by Crippen LogP contribution is 2.37. The smallest absolute Gasteiger partial charge is 0.331 e. The fourth-order valence-electron chi connectivity index (χ4n) is 4.61. The normalized spacial score (nSPS) is 22.9. The summed E-state index contributed by atoms with van der Waals surface area (Å²) in [6.45, 7) is 0. The molecule has 30 heavy (non-hydrogen) atoms. The fraction of sp³-hybridized carbons (Fsp3) is 0.360. The van der Waals surface area contributed by atoms with Gasteiger partial charge in [0.1, 0.15) is 11.9 Å². The van der Waals surface area contributed by atoms with Crippen LogP contribution >= 0.6 is 0 Å². The molecule has 0 saturated carbocycles. The number of hydrogen-bond acceptors (Lipinski definition) is 4. The number of esters is 1. The highest BCUT2D eigenvalue weighted by molar-refractivity contribution is 5.87. The lowest BCUT2D eigenvalue weighted by Crippen LogP contribution is -2.48. The van der Waals surface area contributed by atoms with E-state index < -0.39 is 0 Å². The lowest BCUT2D eigenvalue weighted by molar-refractivity contribution is -0.149. The Hall–Kier alpha value is -3.08. The molecule has 4 rings (SSSR count). The molecule has 0 spiro atoms. The van der Waals surface area contributed by atoms with Gasteiger partial charge in [-0.15, -0.1) is 0 Å². The summed E-state index contributed by atoms with van der Waals surface area (Å²) in [4.78, 5) is 27.1. The SMILES string of the molecule is O=C(/C=C/c1ccccc1)OC1CC2CCC(C1)N2C(=O)CCc1ccc(O)cc1. The summed E-state index contributed by atoms with van der Waals surface area (Å²) < 4.78 is 5.68. The van der Waals surface area contributed by atoms with Gasteiger partial charge in [0.2, 0.25) is 5.91 Å². The largest absolute Gasteiger partial charge is 0.508 e. The zero-order valence-electron chi connectivity index (χ0n) is 16.9. The van der Waals surface area contributed by atoms with Crippen molar-refractivity contribution in [3.8, 4) is 5.75 Å². The number of amides is 1. The van der Waals surface area contributed by atoms with Crippen LogP contribution in [-0.2, 0) is 20.7 Å². The van der Waals surface area contributed by atoms with E-state index in [1.54, 1.807) is 18.2 Å². The van der Waals surface area contributed by atoms with Gasteiger partial charge in [-0.1, -0.05) is 42.5 Å². The van der Waals surface area contributed by atoms with Crippen LogP contribution in [0.4, 0.5) is 0 Å². The molecule has 2 bridgehead atoms. The van der Waals surface area contributed by atoms with Crippen LogP contribution in [0.2, 0.25) is 0 Å². The van der Waals surface area contributed by atoms with E-state index in [9.17, 15) is 14.7 Å². The van der Waals surface area contributed by atoms with Crippen LogP contribution in [0.1, 0.15) is 43.2 Å². The molecule has 2 aromatic carbocycles. The summed E-state index contributed by atoms with van der Waals surface area (Å²) in [6, 6.07) is 17.0. The number of piperidine rings is 1. The number of carbonyl (C=O) groups excluding carboxylic acids is 2. The second-order valence-electron chi connectivity index (χ2n) is 8.13. The number of hydrogen-bond donors (Lipinski definition) is 1. The van der Waals surface area contributed by atoms with Crippen molar-refractivity contribution in [1.29, 1.82) is 0 Å². The van der Waals surface area contributed by atoms with Crippen LogP contribution in [0.3, 0.4) is 0 Å². The summed E-state index contributed by atoms with van der Waals surface area (Å²) in [7, 11) is 0. The van der Waals surface area contributed by atoms with Gasteiger partial charge in [-0.05, 0) is 48.6 Å². The number of aromatic hydroxyl groups is 1. The number of phenolic OH excluding ortho intramolecular Hbond substituents is 1. The summed E-state index contributed by atoms with van der Waals surface area (Å²) >= 11 is 0. The standard InChI is InChI=1S/C25H27NO4/c27-22-12-6-19(7-13-22)8-14-24(28)26-20-10-11-21(26)17-23(16-20)30-25(29)15-9-18-4-2-1-3-5-18/h1-7,9,12-13,15,20-21,23,27H,8,10-11,14,16-17H2/b15-9+. The van der Waals surface area contributed by atoms with Gasteiger partial charge in [0.25, 0.3) is 0 Å². The predicted octanol–water partition coefficient (Wildman–Crippen LogP) is 4.10. The Bertz CT molecular complexity index is 893. The van der Waals surface area contributed by atoms with E-state index in [1.807, 2.05) is 47.4 Å². The van der Waals surface area contributed by atoms with Crippen LogP contribution in [0.5, 0.6) is 5.75 Å². The molecule has 2 fully saturated rings. The molecule has 2 aliphatic heterocycles. The van der Waals surface area contributed by atoms with Gasteiger partial charge in [-0.25, -0.2) is 4.79 Å². The van der Waals surface area contributed by atoms with Crippen LogP contribution < -0.4 is 0 Å². The van der Waals surface area contributed by atoms with Crippen LogP contribution in [0, 0.1) is 0 Å². The summed E-state index contributed by atoms with van der Waals surface area (Å²) in [5.74, 6) is 0.0815. The first kappa shape index (κ1) is 20.2. The number of carbonyl (C=O) groups is 2. The molecule has 1 amide bonds. The van der Waals surface area contributed by atoms with Crippen molar-refractivity contribution in [2.24, 2.45) is 0 Å². The number of nitrogens with zero attached hydrogens (tertiary/aromatic N) is 1. The Morgan fingerprint density at radius 1 is 1.00 bits per heavy atom. The first-order valence-corrected chi connectivity index (χ1v) is 10.6. The van der Waals surface area contributed by atoms with Gasteiger partial charge in [0, 0.05) is 37.4 Å². The van der Waals surface area contributed by atoms with E-state index >= 15 is 0 Å². The quantitative estimate of drug-likeness (QED) is 0.580. The van der Waals surface area contributed by atoms with Crippen LogP contribution in [0.25, 0.3) is 6.08 Å². The van der Waals surface area contributed by atoms with Gasteiger partial charge in [-0.2, -0.15) is 0 Å². The van der Waals surface area contributed by atoms with Crippen molar-refractivity contribution in [3.63, 3.8) is 0 Å². The monoisotopic (exact) mass is 405 g/mol. The second kappa shape index (κ2) is 9.16. The van der Waals surface area contributed by atoms with Gasteiger partial charge >= 0.3 is 5.97 Å². The molecule has 5 heteroatoms. The van der Waals surface area contributed by atoms with Gasteiger partial charge < -0.3 is 14.7 Å². The Labute approximate surface area is 177 Å². The van der Waals surface area contributed by atoms with Crippen LogP contribution in [0.15, 0.2) is 60.7 Å². The van der Waals surface area contributed by atoms with Crippen molar-refractivity contribution >= 4 is 18.0 Å². The predicted molar refractivity (Wildman–Crippen MR) is 115 cm³/mol. The second-order valence-corrected chi connectivity index (χ2v) is 8.13. The summed E-state index contributed by atoms with van der Waals surface area (Å²) in [6.07, 6.45) is 7.62. The fourth-order valence-corrected chi connectivity index (χ4v) is 4.61. The molecule has 2 aromatic rings. The maximum atomic E-state index is 12.8. The first-order valence-electron chi connectivity index (χ1n) is 10.6. The number of rotatable bonds is 6. The van der Waals surface area contributed by atoms with Crippen molar-refractivity contribution in [3.05, 3.63) is 71.8 Å². The summed E-state index contributed by atoms with van der Waals surface area (Å²) in [5, 5.41) is 9.38. The number of ether oxygens (including phenoxy) is 1. The zero-order valence-corrected chi connectivity index (χ0v) is 16.9. The molecular weight excluding hydrogens is 378 g/mol. The maximum Gasteiger partial charge on any atom is 0.331 e. The Morgan fingerprint density at radius 2 is 1.67 bits per heavy atom. The molecule has 2 unspecified atom stereocenters. The zero-order chi connectivity index (χ0) is 20.9. The minimum atomic E-state index is -0.324. The number of fused-ring (bicyclic) bond motifs is 2. The highest BCUT2D eigenvalue weighted by atomic mass is 16.5. The highest BCUT2D eigenvalue weighted by Gasteiger charge is 2.43. The average Bonchev–Trinajstić information content (AvgIpc) is 3.03. The molecule has 2 atom stereocenters. The molecule has 2 saturated heterocycles. The molecule has 1 N–H and O–H groups in total. The van der Waals surface area contributed by atoms with E-state index in [2.05, 4.69) is 0 Å². The molecular formula is C25H27NO4. The lowest BCUT2D eigenvalue weighted by atomic mass is 9.98. The van der Waals surface area contributed by atoms with Gasteiger partial charge in [-0.3, -0.25) is 4.79 Å². The Balaban J connectivity index is 1.28. The van der Waals surface area contributed by atoms with Crippen LogP contribution in [-0.4, -0.2) is 40.1 Å².